The zero-order valence-corrected chi connectivity index (χ0v) is 12.9. The van der Waals surface area contributed by atoms with Gasteiger partial charge in [-0.2, -0.15) is 18.7 Å². The molecule has 1 atom stereocenters. The average molecular weight is 335 g/mol. The van der Waals surface area contributed by atoms with Crippen LogP contribution in [0, 0.1) is 5.41 Å². The molecule has 0 aromatic heterocycles. The summed E-state index contributed by atoms with van der Waals surface area (Å²) in [4.78, 5) is 11.8. The molecule has 0 aliphatic heterocycles. The molecular formula is C13H16F3N3O2S. The molecule has 22 heavy (non-hydrogen) atoms. The molecule has 0 saturated carbocycles. The molecule has 0 radical (unpaired) electrons. The summed E-state index contributed by atoms with van der Waals surface area (Å²) in [5.41, 5.74) is -1.65. The quantitative estimate of drug-likeness (QED) is 0.378. The molecule has 1 rings (SSSR count). The monoisotopic (exact) mass is 335 g/mol. The highest BCUT2D eigenvalue weighted by Gasteiger charge is 2.39. The molecule has 1 amide bonds. The van der Waals surface area contributed by atoms with Gasteiger partial charge in [0.1, 0.15) is 0 Å². The minimum absolute atomic E-state index is 0.0163. The Morgan fingerprint density at radius 3 is 2.36 bits per heavy atom. The minimum Gasteiger partial charge on any atom is -0.357 e. The number of likely N-dealkylation sites (N-methyl/N-ethyl adjacent to an activating group) is 1. The van der Waals surface area contributed by atoms with Gasteiger partial charge >= 0.3 is 6.18 Å². The number of thioether (sulfide) groups is 1. The van der Waals surface area contributed by atoms with Crippen molar-refractivity contribution in [3.05, 3.63) is 29.3 Å². The lowest BCUT2D eigenvalue weighted by Crippen LogP contribution is -2.58. The summed E-state index contributed by atoms with van der Waals surface area (Å²) >= 11 is 0.932. The zero-order valence-electron chi connectivity index (χ0n) is 12.1. The van der Waals surface area contributed by atoms with E-state index in [1.165, 1.54) is 32.4 Å². The van der Waals surface area contributed by atoms with Crippen LogP contribution in [0.15, 0.2) is 23.1 Å². The Labute approximate surface area is 129 Å². The second-order valence-corrected chi connectivity index (χ2v) is 5.45. The highest BCUT2D eigenvalue weighted by Crippen LogP contribution is 2.37. The maximum absolute atomic E-state index is 13.1. The Hall–Kier alpha value is -1.58. The summed E-state index contributed by atoms with van der Waals surface area (Å²) in [7, 11) is 1.29. The van der Waals surface area contributed by atoms with Gasteiger partial charge < -0.3 is 15.9 Å². The first-order valence-corrected chi connectivity index (χ1v) is 7.32. The Kier molecular flexibility index (Phi) is 5.60. The second kappa shape index (κ2) is 6.67. The van der Waals surface area contributed by atoms with Crippen molar-refractivity contribution in [2.75, 3.05) is 13.3 Å². The van der Waals surface area contributed by atoms with Crippen molar-refractivity contribution in [3.63, 3.8) is 0 Å². The Balaban J connectivity index is 3.39. The maximum Gasteiger partial charge on any atom is 0.417 e. The lowest BCUT2D eigenvalue weighted by atomic mass is 9.89. The van der Waals surface area contributed by atoms with Crippen molar-refractivity contribution in [2.24, 2.45) is 0 Å². The maximum atomic E-state index is 13.1. The van der Waals surface area contributed by atoms with E-state index in [0.29, 0.717) is 0 Å². The molecule has 0 aliphatic rings. The fourth-order valence-electron chi connectivity index (χ4n) is 1.84. The van der Waals surface area contributed by atoms with Gasteiger partial charge in [0, 0.05) is 11.9 Å². The molecule has 5 nitrogen and oxygen atoms in total. The molecule has 0 heterocycles. The van der Waals surface area contributed by atoms with Crippen LogP contribution in [0.2, 0.25) is 0 Å². The van der Waals surface area contributed by atoms with E-state index in [1.54, 1.807) is 5.48 Å². The van der Waals surface area contributed by atoms with E-state index in [2.05, 4.69) is 5.32 Å². The molecule has 0 saturated heterocycles. The SMILES string of the molecule is CNC(=O)C(C)(NO)C(=N)c1ccc(SC)c(C(F)(F)F)c1. The van der Waals surface area contributed by atoms with Crippen molar-refractivity contribution in [1.29, 1.82) is 5.41 Å². The third-order valence-corrected chi connectivity index (χ3v) is 3.99. The van der Waals surface area contributed by atoms with Gasteiger partial charge in [-0.05, 0) is 30.9 Å². The van der Waals surface area contributed by atoms with E-state index in [4.69, 9.17) is 5.41 Å². The third kappa shape index (κ3) is 3.42. The van der Waals surface area contributed by atoms with Crippen LogP contribution in [0.1, 0.15) is 18.1 Å². The van der Waals surface area contributed by atoms with E-state index in [9.17, 15) is 23.2 Å². The van der Waals surface area contributed by atoms with Gasteiger partial charge in [0.25, 0.3) is 0 Å². The van der Waals surface area contributed by atoms with Crippen molar-refractivity contribution in [2.45, 2.75) is 23.5 Å². The van der Waals surface area contributed by atoms with Gasteiger partial charge in [-0.25, -0.2) is 0 Å². The molecular weight excluding hydrogens is 319 g/mol. The minimum atomic E-state index is -4.58. The number of benzene rings is 1. The number of nitrogens with one attached hydrogen (secondary N) is 3. The zero-order chi connectivity index (χ0) is 17.1. The fraction of sp³-hybridized carbons (Fsp3) is 0.385. The van der Waals surface area contributed by atoms with Crippen LogP contribution in [0.3, 0.4) is 0 Å². The molecule has 0 bridgehead atoms. The highest BCUT2D eigenvalue weighted by atomic mass is 32.2. The fourth-order valence-corrected chi connectivity index (χ4v) is 2.44. The van der Waals surface area contributed by atoms with Gasteiger partial charge in [0.2, 0.25) is 5.91 Å². The molecule has 4 N–H and O–H groups in total. The van der Waals surface area contributed by atoms with Gasteiger partial charge in [-0.15, -0.1) is 11.8 Å². The smallest absolute Gasteiger partial charge is 0.357 e. The normalized spacial score (nSPS) is 14.3. The van der Waals surface area contributed by atoms with Crippen molar-refractivity contribution in [1.82, 2.24) is 10.8 Å². The molecule has 1 aromatic rings. The first-order chi connectivity index (χ1) is 10.1. The van der Waals surface area contributed by atoms with Crippen molar-refractivity contribution >= 4 is 23.4 Å². The molecule has 0 spiro atoms. The second-order valence-electron chi connectivity index (χ2n) is 4.60. The number of hydrogen-bond donors (Lipinski definition) is 4. The predicted octanol–water partition coefficient (Wildman–Crippen LogP) is 2.28. The predicted molar refractivity (Wildman–Crippen MR) is 77.4 cm³/mol. The first-order valence-electron chi connectivity index (χ1n) is 6.10. The largest absolute Gasteiger partial charge is 0.417 e. The molecule has 9 heteroatoms. The molecule has 0 fully saturated rings. The van der Waals surface area contributed by atoms with Gasteiger partial charge in [0.15, 0.2) is 5.54 Å². The average Bonchev–Trinajstić information content (AvgIpc) is 2.50. The van der Waals surface area contributed by atoms with Gasteiger partial charge in [-0.1, -0.05) is 6.07 Å². The number of carbonyl (C=O) groups is 1. The Bertz CT molecular complexity index is 592. The van der Waals surface area contributed by atoms with E-state index in [0.717, 1.165) is 17.8 Å². The van der Waals surface area contributed by atoms with E-state index < -0.39 is 28.9 Å². The number of rotatable bonds is 5. The van der Waals surface area contributed by atoms with Crippen LogP contribution in [0.5, 0.6) is 0 Å². The lowest BCUT2D eigenvalue weighted by Gasteiger charge is -2.27. The van der Waals surface area contributed by atoms with Crippen molar-refractivity contribution < 1.29 is 23.2 Å². The number of carbonyl (C=O) groups excluding carboxylic acids is 1. The topological polar surface area (TPSA) is 85.2 Å². The van der Waals surface area contributed by atoms with Crippen LogP contribution in [-0.4, -0.2) is 35.7 Å². The first kappa shape index (κ1) is 18.5. The van der Waals surface area contributed by atoms with Crippen LogP contribution in [0.25, 0.3) is 0 Å². The summed E-state index contributed by atoms with van der Waals surface area (Å²) in [6.45, 7) is 1.20. The van der Waals surface area contributed by atoms with Crippen LogP contribution < -0.4 is 10.8 Å². The number of hydroxylamine groups is 1. The highest BCUT2D eigenvalue weighted by molar-refractivity contribution is 7.98. The van der Waals surface area contributed by atoms with E-state index >= 15 is 0 Å². The van der Waals surface area contributed by atoms with E-state index in [-0.39, 0.29) is 10.5 Å². The number of amides is 1. The van der Waals surface area contributed by atoms with Crippen LogP contribution in [0.4, 0.5) is 13.2 Å². The summed E-state index contributed by atoms with van der Waals surface area (Å²) in [5.74, 6) is -0.748. The molecule has 0 aliphatic carbocycles. The Morgan fingerprint density at radius 1 is 1.36 bits per heavy atom. The molecule has 122 valence electrons. The summed E-state index contributed by atoms with van der Waals surface area (Å²) in [6.07, 6.45) is -3.07. The van der Waals surface area contributed by atoms with Crippen molar-refractivity contribution in [3.8, 4) is 0 Å². The lowest BCUT2D eigenvalue weighted by molar-refractivity contribution is -0.139. The number of alkyl halides is 3. The third-order valence-electron chi connectivity index (χ3n) is 3.20. The van der Waals surface area contributed by atoms with Crippen LogP contribution >= 0.6 is 11.8 Å². The molecule has 1 aromatic carbocycles. The molecule has 1 unspecified atom stereocenters. The Morgan fingerprint density at radius 2 is 1.95 bits per heavy atom. The summed E-state index contributed by atoms with van der Waals surface area (Å²) in [5, 5.41) is 19.4. The summed E-state index contributed by atoms with van der Waals surface area (Å²) < 4.78 is 39.2. The van der Waals surface area contributed by atoms with Gasteiger partial charge in [-0.3, -0.25) is 4.79 Å². The van der Waals surface area contributed by atoms with E-state index in [1.807, 2.05) is 0 Å². The standard InChI is InChI=1S/C13H16F3N3O2S/c1-12(19-21,11(20)18-2)10(17)7-4-5-9(22-3)8(6-7)13(14,15)16/h4-6,17,19,21H,1-3H3,(H,18,20). The summed E-state index contributed by atoms with van der Waals surface area (Å²) in [6, 6.07) is 3.34. The van der Waals surface area contributed by atoms with Gasteiger partial charge in [0.05, 0.1) is 11.3 Å². The number of hydrogen-bond acceptors (Lipinski definition) is 5. The number of halogens is 3. The van der Waals surface area contributed by atoms with Crippen LogP contribution in [-0.2, 0) is 11.0 Å².